The van der Waals surface area contributed by atoms with Gasteiger partial charge in [0, 0.05) is 23.6 Å². The number of aromatic nitrogens is 2. The van der Waals surface area contributed by atoms with Gasteiger partial charge in [-0.3, -0.25) is 0 Å². The minimum atomic E-state index is -0.816. The summed E-state index contributed by atoms with van der Waals surface area (Å²) >= 11 is 0. The number of hydrogen-bond acceptors (Lipinski definition) is 9. The first-order valence-electron chi connectivity index (χ1n) is 11.3. The standard InChI is InChI=1S/C26H25N3O6/c1-5-31-26(30)34-16(4)33-23-12-10-19-20(23)7-6-8-21(19)24-28-25(35-29-24)17-9-11-22(32-15(2)3)18(13-17)14-27/h6-9,11-13,15-16H,5,10H2,1-4H3. The van der Waals surface area contributed by atoms with Crippen molar-refractivity contribution in [3.63, 3.8) is 0 Å². The van der Waals surface area contributed by atoms with Crippen molar-refractivity contribution < 1.29 is 28.3 Å². The molecule has 1 aliphatic rings. The van der Waals surface area contributed by atoms with E-state index in [4.69, 9.17) is 23.5 Å². The van der Waals surface area contributed by atoms with E-state index in [1.807, 2.05) is 38.1 Å². The van der Waals surface area contributed by atoms with Gasteiger partial charge in [-0.1, -0.05) is 23.4 Å². The Balaban J connectivity index is 1.55. The molecule has 0 aliphatic heterocycles. The molecule has 3 aromatic rings. The Hall–Kier alpha value is -4.32. The fourth-order valence-corrected chi connectivity index (χ4v) is 3.71. The normalized spacial score (nSPS) is 13.0. The number of benzene rings is 2. The van der Waals surface area contributed by atoms with E-state index in [0.29, 0.717) is 40.8 Å². The molecule has 0 fully saturated rings. The van der Waals surface area contributed by atoms with Gasteiger partial charge in [-0.25, -0.2) is 4.79 Å². The lowest BCUT2D eigenvalue weighted by Gasteiger charge is -2.16. The van der Waals surface area contributed by atoms with Crippen molar-refractivity contribution in [3.8, 4) is 34.7 Å². The summed E-state index contributed by atoms with van der Waals surface area (Å²) in [4.78, 5) is 16.1. The summed E-state index contributed by atoms with van der Waals surface area (Å²) in [7, 11) is 0. The van der Waals surface area contributed by atoms with Crippen molar-refractivity contribution in [2.75, 3.05) is 6.61 Å². The fourth-order valence-electron chi connectivity index (χ4n) is 3.71. The van der Waals surface area contributed by atoms with Crippen LogP contribution in [-0.4, -0.2) is 35.3 Å². The molecule has 0 bridgehead atoms. The predicted molar refractivity (Wildman–Crippen MR) is 126 cm³/mol. The van der Waals surface area contributed by atoms with Crippen molar-refractivity contribution in [1.29, 1.82) is 5.26 Å². The van der Waals surface area contributed by atoms with Crippen LogP contribution in [0.4, 0.5) is 4.79 Å². The fraction of sp³-hybridized carbons (Fsp3) is 0.308. The van der Waals surface area contributed by atoms with Crippen LogP contribution in [0.15, 0.2) is 47.0 Å². The van der Waals surface area contributed by atoms with Crippen LogP contribution in [0.3, 0.4) is 0 Å². The second-order valence-corrected chi connectivity index (χ2v) is 8.00. The van der Waals surface area contributed by atoms with Crippen LogP contribution in [-0.2, 0) is 20.6 Å². The molecule has 1 unspecified atom stereocenters. The monoisotopic (exact) mass is 475 g/mol. The number of carbonyl (C=O) groups is 1. The Morgan fingerprint density at radius 1 is 1.17 bits per heavy atom. The third kappa shape index (κ3) is 5.27. The molecular weight excluding hydrogens is 450 g/mol. The van der Waals surface area contributed by atoms with Crippen molar-refractivity contribution >= 4 is 11.9 Å². The van der Waals surface area contributed by atoms with Gasteiger partial charge in [0.05, 0.1) is 18.3 Å². The molecule has 0 saturated heterocycles. The van der Waals surface area contributed by atoms with Gasteiger partial charge in [0.2, 0.25) is 12.1 Å². The summed E-state index contributed by atoms with van der Waals surface area (Å²) in [5, 5.41) is 13.7. The molecule has 1 aliphatic carbocycles. The highest BCUT2D eigenvalue weighted by Gasteiger charge is 2.24. The quantitative estimate of drug-likeness (QED) is 0.308. The van der Waals surface area contributed by atoms with E-state index in [2.05, 4.69) is 16.2 Å². The van der Waals surface area contributed by atoms with Gasteiger partial charge >= 0.3 is 6.16 Å². The van der Waals surface area contributed by atoms with E-state index >= 15 is 0 Å². The number of hydrogen-bond donors (Lipinski definition) is 0. The number of fused-ring (bicyclic) bond motifs is 1. The van der Waals surface area contributed by atoms with Crippen LogP contribution in [0, 0.1) is 11.3 Å². The number of carbonyl (C=O) groups excluding carboxylic acids is 1. The summed E-state index contributed by atoms with van der Waals surface area (Å²) in [5.41, 5.74) is 3.64. The summed E-state index contributed by atoms with van der Waals surface area (Å²) in [5.74, 6) is 1.82. The number of nitriles is 1. The third-order valence-corrected chi connectivity index (χ3v) is 5.13. The first kappa shape index (κ1) is 23.8. The highest BCUT2D eigenvalue weighted by Crippen LogP contribution is 2.36. The molecule has 1 heterocycles. The zero-order valence-corrected chi connectivity index (χ0v) is 19.9. The molecule has 0 amide bonds. The third-order valence-electron chi connectivity index (χ3n) is 5.13. The molecule has 0 spiro atoms. The molecule has 9 heteroatoms. The maximum atomic E-state index is 11.5. The molecule has 1 atom stereocenters. The van der Waals surface area contributed by atoms with Crippen LogP contribution >= 0.6 is 0 Å². The van der Waals surface area contributed by atoms with E-state index in [9.17, 15) is 10.1 Å². The molecule has 180 valence electrons. The number of ether oxygens (including phenoxy) is 4. The number of rotatable bonds is 8. The lowest BCUT2D eigenvalue weighted by Crippen LogP contribution is -2.18. The second kappa shape index (κ2) is 10.3. The molecule has 2 aromatic carbocycles. The van der Waals surface area contributed by atoms with Crippen molar-refractivity contribution in [2.45, 2.75) is 46.5 Å². The molecule has 4 rings (SSSR count). The molecule has 0 saturated carbocycles. The van der Waals surface area contributed by atoms with E-state index in [-0.39, 0.29) is 12.7 Å². The summed E-state index contributed by atoms with van der Waals surface area (Å²) in [6.45, 7) is 7.35. The van der Waals surface area contributed by atoms with E-state index in [1.165, 1.54) is 0 Å². The zero-order valence-electron chi connectivity index (χ0n) is 19.9. The van der Waals surface area contributed by atoms with Crippen LogP contribution in [0.25, 0.3) is 28.6 Å². The molecule has 35 heavy (non-hydrogen) atoms. The molecule has 1 aromatic heterocycles. The summed E-state index contributed by atoms with van der Waals surface area (Å²) in [6, 6.07) is 13.0. The van der Waals surface area contributed by atoms with Gasteiger partial charge in [-0.2, -0.15) is 10.2 Å². The average Bonchev–Trinajstić information content (AvgIpc) is 3.47. The van der Waals surface area contributed by atoms with E-state index < -0.39 is 12.4 Å². The van der Waals surface area contributed by atoms with Crippen LogP contribution in [0.2, 0.25) is 0 Å². The van der Waals surface area contributed by atoms with Crippen LogP contribution in [0.5, 0.6) is 5.75 Å². The van der Waals surface area contributed by atoms with Gasteiger partial charge in [0.15, 0.2) is 0 Å². The van der Waals surface area contributed by atoms with Gasteiger partial charge < -0.3 is 23.5 Å². The average molecular weight is 476 g/mol. The zero-order chi connectivity index (χ0) is 24.9. The Morgan fingerprint density at radius 2 is 1.97 bits per heavy atom. The van der Waals surface area contributed by atoms with E-state index in [1.54, 1.807) is 32.0 Å². The second-order valence-electron chi connectivity index (χ2n) is 8.00. The minimum absolute atomic E-state index is 0.0506. The lowest BCUT2D eigenvalue weighted by atomic mass is 10.0. The van der Waals surface area contributed by atoms with Gasteiger partial charge in [-0.05, 0) is 57.0 Å². The molecule has 0 radical (unpaired) electrons. The Morgan fingerprint density at radius 3 is 2.71 bits per heavy atom. The number of nitrogens with zero attached hydrogens (tertiary/aromatic N) is 3. The predicted octanol–water partition coefficient (Wildman–Crippen LogP) is 5.50. The van der Waals surface area contributed by atoms with Gasteiger partial charge in [0.1, 0.15) is 17.6 Å². The lowest BCUT2D eigenvalue weighted by molar-refractivity contribution is -0.0659. The Kier molecular flexibility index (Phi) is 7.01. The maximum Gasteiger partial charge on any atom is 0.511 e. The summed E-state index contributed by atoms with van der Waals surface area (Å²) in [6.07, 6.45) is 0.855. The van der Waals surface area contributed by atoms with E-state index in [0.717, 1.165) is 16.7 Å². The maximum absolute atomic E-state index is 11.5. The molecular formula is C26H25N3O6. The molecule has 9 nitrogen and oxygen atoms in total. The SMILES string of the molecule is CCOC(=O)OC(C)OC1=CCc2c1cccc2-c1noc(-c2ccc(OC(C)C)c(C#N)c2)n1. The highest BCUT2D eigenvalue weighted by atomic mass is 16.8. The minimum Gasteiger partial charge on any atom is -0.490 e. The topological polar surface area (TPSA) is 117 Å². The Bertz CT molecular complexity index is 1300. The molecule has 0 N–H and O–H groups in total. The van der Waals surface area contributed by atoms with Gasteiger partial charge in [-0.15, -0.1) is 0 Å². The van der Waals surface area contributed by atoms with Crippen molar-refractivity contribution in [2.24, 2.45) is 0 Å². The summed E-state index contributed by atoms with van der Waals surface area (Å²) < 4.78 is 26.9. The van der Waals surface area contributed by atoms with Crippen molar-refractivity contribution in [1.82, 2.24) is 10.1 Å². The largest absolute Gasteiger partial charge is 0.511 e. The van der Waals surface area contributed by atoms with Crippen LogP contribution < -0.4 is 4.74 Å². The van der Waals surface area contributed by atoms with Crippen molar-refractivity contribution in [3.05, 3.63) is 59.2 Å². The van der Waals surface area contributed by atoms with Crippen LogP contribution in [0.1, 0.15) is 44.4 Å². The first-order chi connectivity index (χ1) is 16.9. The Labute approximate surface area is 202 Å². The smallest absolute Gasteiger partial charge is 0.490 e. The first-order valence-corrected chi connectivity index (χ1v) is 11.3. The van der Waals surface area contributed by atoms with Gasteiger partial charge in [0.25, 0.3) is 5.89 Å². The number of allylic oxidation sites excluding steroid dienone is 1. The highest BCUT2D eigenvalue weighted by molar-refractivity contribution is 5.77.